The molecule has 0 spiro atoms. The van der Waals surface area contributed by atoms with E-state index in [0.29, 0.717) is 24.4 Å². The zero-order valence-corrected chi connectivity index (χ0v) is 13.1. The molecule has 6 nitrogen and oxygen atoms in total. The number of methoxy groups -OCH3 is 1. The van der Waals surface area contributed by atoms with Crippen LogP contribution in [0.3, 0.4) is 0 Å². The molecule has 0 aliphatic heterocycles. The lowest BCUT2D eigenvalue weighted by molar-refractivity contribution is -0.904. The first-order chi connectivity index (χ1) is 10.5. The van der Waals surface area contributed by atoms with Gasteiger partial charge in [0.25, 0.3) is 5.91 Å². The molecule has 0 saturated carbocycles. The van der Waals surface area contributed by atoms with Crippen LogP contribution >= 0.6 is 0 Å². The van der Waals surface area contributed by atoms with Crippen LogP contribution in [0, 0.1) is 5.82 Å². The third kappa shape index (κ3) is 5.69. The highest BCUT2D eigenvalue weighted by Gasteiger charge is 2.18. The minimum absolute atomic E-state index is 0.0784. The van der Waals surface area contributed by atoms with Crippen LogP contribution in [-0.4, -0.2) is 38.8 Å². The van der Waals surface area contributed by atoms with Crippen LogP contribution in [0.4, 0.5) is 9.18 Å². The molecule has 0 aromatic heterocycles. The average Bonchev–Trinajstić information content (AvgIpc) is 2.46. The van der Waals surface area contributed by atoms with Crippen molar-refractivity contribution in [3.05, 3.63) is 29.6 Å². The van der Waals surface area contributed by atoms with Crippen molar-refractivity contribution in [1.29, 1.82) is 0 Å². The lowest BCUT2D eigenvalue weighted by atomic mass is 10.1. The van der Waals surface area contributed by atoms with E-state index in [1.165, 1.54) is 19.2 Å². The summed E-state index contributed by atoms with van der Waals surface area (Å²) in [7, 11) is 1.51. The van der Waals surface area contributed by atoms with Crippen LogP contribution in [0.5, 0.6) is 5.75 Å². The Labute approximate surface area is 129 Å². The Bertz CT molecular complexity index is 522. The average molecular weight is 313 g/mol. The van der Waals surface area contributed by atoms with E-state index in [2.05, 4.69) is 10.1 Å². The molecule has 7 heteroatoms. The first-order valence-corrected chi connectivity index (χ1v) is 7.12. The van der Waals surface area contributed by atoms with Crippen molar-refractivity contribution in [2.75, 3.05) is 26.8 Å². The fourth-order valence-electron chi connectivity index (χ4n) is 2.02. The highest BCUT2D eigenvalue weighted by atomic mass is 19.1. The molecule has 2 N–H and O–H groups in total. The third-order valence-corrected chi connectivity index (χ3v) is 3.11. The smallest absolute Gasteiger partial charge is 0.414 e. The van der Waals surface area contributed by atoms with Gasteiger partial charge in [-0.1, -0.05) is 0 Å². The molecule has 0 heterocycles. The Morgan fingerprint density at radius 1 is 1.32 bits per heavy atom. The normalized spacial score (nSPS) is 11.6. The highest BCUT2D eigenvalue weighted by Crippen LogP contribution is 2.18. The van der Waals surface area contributed by atoms with Crippen molar-refractivity contribution < 1.29 is 28.4 Å². The Kier molecular flexibility index (Phi) is 7.31. The molecule has 0 saturated heterocycles. The van der Waals surface area contributed by atoms with Gasteiger partial charge >= 0.3 is 6.09 Å². The van der Waals surface area contributed by atoms with Crippen LogP contribution in [0.15, 0.2) is 18.2 Å². The van der Waals surface area contributed by atoms with Crippen LogP contribution < -0.4 is 15.0 Å². The molecule has 2 amide bonds. The van der Waals surface area contributed by atoms with Gasteiger partial charge in [-0.3, -0.25) is 10.1 Å². The van der Waals surface area contributed by atoms with Crippen molar-refractivity contribution in [3.63, 3.8) is 0 Å². The molecule has 1 atom stereocenters. The van der Waals surface area contributed by atoms with Gasteiger partial charge in [0, 0.05) is 0 Å². The van der Waals surface area contributed by atoms with Gasteiger partial charge in [-0.05, 0) is 32.0 Å². The molecule has 22 heavy (non-hydrogen) atoms. The maximum atomic E-state index is 13.4. The lowest BCUT2D eigenvalue weighted by Crippen LogP contribution is -3.11. The number of benzene rings is 1. The molecule has 0 fully saturated rings. The van der Waals surface area contributed by atoms with E-state index in [1.807, 2.05) is 6.92 Å². The summed E-state index contributed by atoms with van der Waals surface area (Å²) in [5.74, 6) is -0.231. The summed E-state index contributed by atoms with van der Waals surface area (Å²) in [6.07, 6.45) is -0.758. The molecule has 1 rings (SSSR count). The van der Waals surface area contributed by atoms with Gasteiger partial charge in [-0.15, -0.1) is 0 Å². The van der Waals surface area contributed by atoms with Gasteiger partial charge < -0.3 is 14.4 Å². The number of hydrogen-bond donors (Lipinski definition) is 2. The van der Waals surface area contributed by atoms with Gasteiger partial charge in [0.15, 0.2) is 6.54 Å². The third-order valence-electron chi connectivity index (χ3n) is 3.11. The second-order valence-corrected chi connectivity index (χ2v) is 4.68. The summed E-state index contributed by atoms with van der Waals surface area (Å²) in [5, 5.41) is 2.15. The summed E-state index contributed by atoms with van der Waals surface area (Å²) in [4.78, 5) is 23.8. The number of nitrogens with one attached hydrogen (secondary N) is 2. The number of amides is 2. The van der Waals surface area contributed by atoms with Crippen molar-refractivity contribution in [2.24, 2.45) is 0 Å². The van der Waals surface area contributed by atoms with E-state index in [-0.39, 0.29) is 19.0 Å². The molecule has 0 aliphatic rings. The topological polar surface area (TPSA) is 69.1 Å². The first kappa shape index (κ1) is 17.9. The standard InChI is InChI=1S/C15H21FN2O4/c1-4-18(10-14(19)17-15(20)22-5-2)9-11-8-12(16)6-7-13(11)21-3/h6-8H,4-5,9-10H2,1-3H3,(H,17,19,20)/p+1. The molecule has 1 aromatic carbocycles. The fraction of sp³-hybridized carbons (Fsp3) is 0.467. The number of imide groups is 1. The zero-order valence-electron chi connectivity index (χ0n) is 13.1. The number of quaternary nitrogens is 1. The predicted octanol–water partition coefficient (Wildman–Crippen LogP) is 0.512. The van der Waals surface area contributed by atoms with Crippen LogP contribution in [-0.2, 0) is 16.1 Å². The molecule has 1 unspecified atom stereocenters. The number of ether oxygens (including phenoxy) is 2. The summed E-state index contributed by atoms with van der Waals surface area (Å²) >= 11 is 0. The van der Waals surface area contributed by atoms with Gasteiger partial charge in [0.1, 0.15) is 18.1 Å². The Morgan fingerprint density at radius 2 is 2.05 bits per heavy atom. The first-order valence-electron chi connectivity index (χ1n) is 7.12. The monoisotopic (exact) mass is 313 g/mol. The number of likely N-dealkylation sites (N-methyl/N-ethyl adjacent to an activating group) is 1. The molecule has 1 aromatic rings. The molecular weight excluding hydrogens is 291 g/mol. The maximum absolute atomic E-state index is 13.4. The summed E-state index contributed by atoms with van der Waals surface area (Å²) in [6.45, 7) is 4.88. The summed E-state index contributed by atoms with van der Waals surface area (Å²) in [5.41, 5.74) is 0.670. The molecule has 0 bridgehead atoms. The van der Waals surface area contributed by atoms with E-state index in [0.717, 1.165) is 4.90 Å². The number of carbonyl (C=O) groups is 2. The predicted molar refractivity (Wildman–Crippen MR) is 78.2 cm³/mol. The Hall–Kier alpha value is -2.15. The maximum Gasteiger partial charge on any atom is 0.414 e. The van der Waals surface area contributed by atoms with E-state index in [9.17, 15) is 14.0 Å². The Balaban J connectivity index is 2.67. The van der Waals surface area contributed by atoms with Crippen LogP contribution in [0.25, 0.3) is 0 Å². The second kappa shape index (κ2) is 8.99. The van der Waals surface area contributed by atoms with Gasteiger partial charge in [0.2, 0.25) is 0 Å². The van der Waals surface area contributed by atoms with Crippen molar-refractivity contribution in [1.82, 2.24) is 5.32 Å². The molecule has 122 valence electrons. The quantitative estimate of drug-likeness (QED) is 0.770. The summed E-state index contributed by atoms with van der Waals surface area (Å²) in [6, 6.07) is 4.26. The largest absolute Gasteiger partial charge is 0.496 e. The van der Waals surface area contributed by atoms with Gasteiger partial charge in [0.05, 0.1) is 25.8 Å². The number of carbonyl (C=O) groups excluding carboxylic acids is 2. The minimum atomic E-state index is -0.758. The second-order valence-electron chi connectivity index (χ2n) is 4.68. The van der Waals surface area contributed by atoms with Crippen molar-refractivity contribution in [3.8, 4) is 5.75 Å². The molecular formula is C15H22FN2O4+. The Morgan fingerprint density at radius 3 is 2.64 bits per heavy atom. The molecule has 0 aliphatic carbocycles. The van der Waals surface area contributed by atoms with Gasteiger partial charge in [-0.2, -0.15) is 0 Å². The number of halogens is 1. The number of hydrogen-bond acceptors (Lipinski definition) is 4. The van der Waals surface area contributed by atoms with E-state index in [1.54, 1.807) is 13.0 Å². The molecule has 0 radical (unpaired) electrons. The summed E-state index contributed by atoms with van der Waals surface area (Å²) < 4.78 is 23.2. The van der Waals surface area contributed by atoms with Crippen LogP contribution in [0.2, 0.25) is 0 Å². The van der Waals surface area contributed by atoms with Crippen LogP contribution in [0.1, 0.15) is 19.4 Å². The van der Waals surface area contributed by atoms with Gasteiger partial charge in [-0.25, -0.2) is 9.18 Å². The van der Waals surface area contributed by atoms with E-state index in [4.69, 9.17) is 4.74 Å². The number of rotatable bonds is 7. The van der Waals surface area contributed by atoms with E-state index >= 15 is 0 Å². The fourth-order valence-corrected chi connectivity index (χ4v) is 2.02. The highest BCUT2D eigenvalue weighted by molar-refractivity contribution is 5.92. The lowest BCUT2D eigenvalue weighted by Gasteiger charge is -2.18. The SMILES string of the molecule is CCOC(=O)NC(=O)C[NH+](CC)Cc1cc(F)ccc1OC. The van der Waals surface area contributed by atoms with Crippen molar-refractivity contribution >= 4 is 12.0 Å². The minimum Gasteiger partial charge on any atom is -0.496 e. The number of alkyl carbamates (subject to hydrolysis) is 1. The van der Waals surface area contributed by atoms with E-state index < -0.39 is 12.0 Å². The van der Waals surface area contributed by atoms with Crippen molar-refractivity contribution in [2.45, 2.75) is 20.4 Å². The zero-order chi connectivity index (χ0) is 16.5.